The highest BCUT2D eigenvalue weighted by Crippen LogP contribution is 2.22. The van der Waals surface area contributed by atoms with Crippen LogP contribution in [0.15, 0.2) is 61.1 Å². The summed E-state index contributed by atoms with van der Waals surface area (Å²) in [6.07, 6.45) is 3.19. The molecule has 0 radical (unpaired) electrons. The van der Waals surface area contributed by atoms with Crippen LogP contribution in [0.3, 0.4) is 0 Å². The Kier molecular flexibility index (Phi) is 4.18. The number of halogens is 1. The number of hydrogen-bond donors (Lipinski definition) is 1. The van der Waals surface area contributed by atoms with Gasteiger partial charge < -0.3 is 10.1 Å². The fourth-order valence-corrected chi connectivity index (χ4v) is 2.72. The number of benzene rings is 2. The number of hydrogen-bond acceptors (Lipinski definition) is 5. The summed E-state index contributed by atoms with van der Waals surface area (Å²) in [6.45, 7) is 0.588. The summed E-state index contributed by atoms with van der Waals surface area (Å²) < 4.78 is 20.1. The van der Waals surface area contributed by atoms with E-state index in [1.54, 1.807) is 30.1 Å². The standard InChI is InChI=1S/C19H16FN5O/c1-26-16-4-2-3-13(9-16)10-21-18-17-11-24-25(19(17)23-12-22-18)15-7-5-14(20)6-8-15/h2-9,11-12H,10H2,1H3,(H,21,22,23). The second-order valence-electron chi connectivity index (χ2n) is 5.70. The molecule has 0 unspecified atom stereocenters. The average molecular weight is 349 g/mol. The highest BCUT2D eigenvalue weighted by atomic mass is 19.1. The molecule has 0 saturated heterocycles. The van der Waals surface area contributed by atoms with Gasteiger partial charge in [-0.15, -0.1) is 0 Å². The first kappa shape index (κ1) is 16.0. The molecule has 0 spiro atoms. The van der Waals surface area contributed by atoms with Gasteiger partial charge in [-0.3, -0.25) is 0 Å². The zero-order valence-electron chi connectivity index (χ0n) is 14.1. The minimum absolute atomic E-state index is 0.291. The molecular formula is C19H16FN5O. The van der Waals surface area contributed by atoms with Crippen molar-refractivity contribution in [2.24, 2.45) is 0 Å². The summed E-state index contributed by atoms with van der Waals surface area (Å²) in [4.78, 5) is 8.64. The molecule has 0 saturated carbocycles. The molecule has 0 aliphatic heterocycles. The van der Waals surface area contributed by atoms with Crippen molar-refractivity contribution in [2.75, 3.05) is 12.4 Å². The molecule has 130 valence electrons. The van der Waals surface area contributed by atoms with Crippen molar-refractivity contribution in [3.8, 4) is 11.4 Å². The predicted octanol–water partition coefficient (Wildman–Crippen LogP) is 3.58. The molecule has 0 amide bonds. The first-order valence-corrected chi connectivity index (χ1v) is 8.06. The third-order valence-corrected chi connectivity index (χ3v) is 4.03. The van der Waals surface area contributed by atoms with Crippen LogP contribution in [0.4, 0.5) is 10.2 Å². The molecule has 6 nitrogen and oxygen atoms in total. The molecule has 0 bridgehead atoms. The molecular weight excluding hydrogens is 333 g/mol. The van der Waals surface area contributed by atoms with Gasteiger partial charge in [0.1, 0.15) is 23.7 Å². The topological polar surface area (TPSA) is 64.9 Å². The van der Waals surface area contributed by atoms with Crippen LogP contribution < -0.4 is 10.1 Å². The van der Waals surface area contributed by atoms with E-state index in [1.807, 2.05) is 24.3 Å². The fraction of sp³-hybridized carbons (Fsp3) is 0.105. The molecule has 2 heterocycles. The summed E-state index contributed by atoms with van der Waals surface area (Å²) in [5.41, 5.74) is 2.46. The van der Waals surface area contributed by atoms with E-state index in [9.17, 15) is 4.39 Å². The van der Waals surface area contributed by atoms with Gasteiger partial charge in [0.15, 0.2) is 5.65 Å². The Morgan fingerprint density at radius 3 is 2.77 bits per heavy atom. The molecule has 0 aliphatic rings. The zero-order valence-corrected chi connectivity index (χ0v) is 14.1. The van der Waals surface area contributed by atoms with Crippen molar-refractivity contribution < 1.29 is 9.13 Å². The maximum atomic E-state index is 13.1. The molecule has 7 heteroatoms. The smallest absolute Gasteiger partial charge is 0.168 e. The van der Waals surface area contributed by atoms with Crippen LogP contribution in [0.1, 0.15) is 5.56 Å². The largest absolute Gasteiger partial charge is 0.497 e. The lowest BCUT2D eigenvalue weighted by Crippen LogP contribution is -2.03. The number of methoxy groups -OCH3 is 1. The Labute approximate surface area is 149 Å². The minimum Gasteiger partial charge on any atom is -0.497 e. The SMILES string of the molecule is COc1cccc(CNc2ncnc3c2cnn3-c2ccc(F)cc2)c1. The maximum Gasteiger partial charge on any atom is 0.168 e. The second kappa shape index (κ2) is 6.79. The minimum atomic E-state index is -0.291. The van der Waals surface area contributed by atoms with Gasteiger partial charge in [-0.05, 0) is 42.0 Å². The van der Waals surface area contributed by atoms with Gasteiger partial charge >= 0.3 is 0 Å². The van der Waals surface area contributed by atoms with E-state index in [0.717, 1.165) is 22.4 Å². The number of rotatable bonds is 5. The van der Waals surface area contributed by atoms with Crippen molar-refractivity contribution in [3.63, 3.8) is 0 Å². The number of anilines is 1. The van der Waals surface area contributed by atoms with Gasteiger partial charge in [0.25, 0.3) is 0 Å². The van der Waals surface area contributed by atoms with Crippen LogP contribution in [0.2, 0.25) is 0 Å². The van der Waals surface area contributed by atoms with E-state index < -0.39 is 0 Å². The van der Waals surface area contributed by atoms with Gasteiger partial charge in [-0.1, -0.05) is 12.1 Å². The number of nitrogens with zero attached hydrogens (tertiary/aromatic N) is 4. The Bertz CT molecular complexity index is 1050. The van der Waals surface area contributed by atoms with E-state index in [1.165, 1.54) is 18.5 Å². The van der Waals surface area contributed by atoms with Crippen molar-refractivity contribution >= 4 is 16.9 Å². The molecule has 2 aromatic heterocycles. The third-order valence-electron chi connectivity index (χ3n) is 4.03. The average Bonchev–Trinajstić information content (AvgIpc) is 3.12. The number of aromatic nitrogens is 4. The van der Waals surface area contributed by atoms with E-state index >= 15 is 0 Å². The second-order valence-corrected chi connectivity index (χ2v) is 5.70. The fourth-order valence-electron chi connectivity index (χ4n) is 2.72. The van der Waals surface area contributed by atoms with Gasteiger partial charge in [0, 0.05) is 6.54 Å². The van der Waals surface area contributed by atoms with Crippen molar-refractivity contribution in [2.45, 2.75) is 6.54 Å². The van der Waals surface area contributed by atoms with E-state index in [4.69, 9.17) is 4.74 Å². The number of fused-ring (bicyclic) bond motifs is 1. The van der Waals surface area contributed by atoms with Crippen LogP contribution in [-0.2, 0) is 6.54 Å². The summed E-state index contributed by atoms with van der Waals surface area (Å²) in [7, 11) is 1.64. The Morgan fingerprint density at radius 1 is 1.12 bits per heavy atom. The van der Waals surface area contributed by atoms with Crippen LogP contribution in [0, 0.1) is 5.82 Å². The molecule has 0 aliphatic carbocycles. The number of ether oxygens (including phenoxy) is 1. The molecule has 26 heavy (non-hydrogen) atoms. The first-order chi connectivity index (χ1) is 12.7. The normalized spacial score (nSPS) is 10.8. The van der Waals surface area contributed by atoms with Gasteiger partial charge in [-0.25, -0.2) is 19.0 Å². The third kappa shape index (κ3) is 3.06. The summed E-state index contributed by atoms with van der Waals surface area (Å²) in [5, 5.41) is 8.47. The van der Waals surface area contributed by atoms with Gasteiger partial charge in [0.05, 0.1) is 24.4 Å². The maximum absolute atomic E-state index is 13.1. The lowest BCUT2D eigenvalue weighted by molar-refractivity contribution is 0.414. The van der Waals surface area contributed by atoms with Crippen LogP contribution in [-0.4, -0.2) is 26.9 Å². The summed E-state index contributed by atoms with van der Waals surface area (Å²) in [5.74, 6) is 1.20. The lowest BCUT2D eigenvalue weighted by atomic mass is 10.2. The Balaban J connectivity index is 1.63. The van der Waals surface area contributed by atoms with Crippen molar-refractivity contribution in [1.82, 2.24) is 19.7 Å². The van der Waals surface area contributed by atoms with Crippen LogP contribution in [0.5, 0.6) is 5.75 Å². The first-order valence-electron chi connectivity index (χ1n) is 8.06. The monoisotopic (exact) mass is 349 g/mol. The summed E-state index contributed by atoms with van der Waals surface area (Å²) >= 11 is 0. The van der Waals surface area contributed by atoms with E-state index in [-0.39, 0.29) is 5.82 Å². The van der Waals surface area contributed by atoms with Crippen LogP contribution in [0.25, 0.3) is 16.7 Å². The number of nitrogens with one attached hydrogen (secondary N) is 1. The van der Waals surface area contributed by atoms with Crippen LogP contribution >= 0.6 is 0 Å². The quantitative estimate of drug-likeness (QED) is 0.597. The molecule has 0 fully saturated rings. The zero-order chi connectivity index (χ0) is 17.9. The molecule has 4 rings (SSSR count). The lowest BCUT2D eigenvalue weighted by Gasteiger charge is -2.08. The summed E-state index contributed by atoms with van der Waals surface area (Å²) in [6, 6.07) is 13.9. The van der Waals surface area contributed by atoms with Gasteiger partial charge in [0.2, 0.25) is 0 Å². The Hall–Kier alpha value is -3.48. The van der Waals surface area contributed by atoms with Crippen molar-refractivity contribution in [3.05, 3.63) is 72.4 Å². The molecule has 2 aromatic carbocycles. The molecule has 0 atom stereocenters. The molecule has 1 N–H and O–H groups in total. The Morgan fingerprint density at radius 2 is 1.96 bits per heavy atom. The predicted molar refractivity (Wildman–Crippen MR) is 96.9 cm³/mol. The van der Waals surface area contributed by atoms with E-state index in [0.29, 0.717) is 18.0 Å². The molecule has 4 aromatic rings. The van der Waals surface area contributed by atoms with Gasteiger partial charge in [-0.2, -0.15) is 5.10 Å². The van der Waals surface area contributed by atoms with Crippen molar-refractivity contribution in [1.29, 1.82) is 0 Å². The highest BCUT2D eigenvalue weighted by Gasteiger charge is 2.11. The van der Waals surface area contributed by atoms with E-state index in [2.05, 4.69) is 20.4 Å². The highest BCUT2D eigenvalue weighted by molar-refractivity contribution is 5.87.